The van der Waals surface area contributed by atoms with Crippen LogP contribution < -0.4 is 11.1 Å². The van der Waals surface area contributed by atoms with E-state index in [1.165, 1.54) is 0 Å². The maximum absolute atomic E-state index is 11.6. The van der Waals surface area contributed by atoms with E-state index in [9.17, 15) is 4.79 Å². The third-order valence-electron chi connectivity index (χ3n) is 1.99. The van der Waals surface area contributed by atoms with Crippen molar-refractivity contribution in [2.75, 3.05) is 25.5 Å². The van der Waals surface area contributed by atoms with E-state index < -0.39 is 0 Å². The highest BCUT2D eigenvalue weighted by Crippen LogP contribution is 2.07. The molecule has 0 atom stereocenters. The van der Waals surface area contributed by atoms with Crippen LogP contribution in [0.25, 0.3) is 0 Å². The monoisotopic (exact) mass is 211 g/mol. The summed E-state index contributed by atoms with van der Waals surface area (Å²) in [4.78, 5) is 11.6. The van der Waals surface area contributed by atoms with Gasteiger partial charge in [0.15, 0.2) is 0 Å². The standard InChI is InChI=1S/C10H17N3O2/c1-3-15-5-4-12-10(14)9-6-8(11)7-13(9)2/h6-7H,3-5,11H2,1-2H3,(H,12,14). The van der Waals surface area contributed by atoms with Crippen LogP contribution in [0.5, 0.6) is 0 Å². The topological polar surface area (TPSA) is 69.3 Å². The Labute approximate surface area is 89.2 Å². The molecular weight excluding hydrogens is 194 g/mol. The molecule has 0 unspecified atom stereocenters. The molecule has 0 aliphatic rings. The van der Waals surface area contributed by atoms with Crippen LogP contribution in [0, 0.1) is 0 Å². The van der Waals surface area contributed by atoms with Crippen LogP contribution in [0.15, 0.2) is 12.3 Å². The maximum atomic E-state index is 11.6. The number of nitrogens with one attached hydrogen (secondary N) is 1. The number of aryl methyl sites for hydroxylation is 1. The van der Waals surface area contributed by atoms with Crippen molar-refractivity contribution in [3.05, 3.63) is 18.0 Å². The molecule has 1 aromatic heterocycles. The van der Waals surface area contributed by atoms with Gasteiger partial charge in [0.05, 0.1) is 12.3 Å². The minimum absolute atomic E-state index is 0.131. The van der Waals surface area contributed by atoms with Gasteiger partial charge in [-0.05, 0) is 13.0 Å². The Balaban J connectivity index is 2.43. The number of anilines is 1. The van der Waals surface area contributed by atoms with E-state index in [0.717, 1.165) is 0 Å². The zero-order chi connectivity index (χ0) is 11.3. The number of aromatic nitrogens is 1. The Hall–Kier alpha value is -1.49. The van der Waals surface area contributed by atoms with Crippen LogP contribution in [-0.4, -0.2) is 30.2 Å². The maximum Gasteiger partial charge on any atom is 0.268 e. The summed E-state index contributed by atoms with van der Waals surface area (Å²) in [5.41, 5.74) is 6.72. The van der Waals surface area contributed by atoms with Gasteiger partial charge in [0.1, 0.15) is 5.69 Å². The van der Waals surface area contributed by atoms with E-state index in [1.54, 1.807) is 23.9 Å². The minimum Gasteiger partial charge on any atom is -0.397 e. The molecule has 0 spiro atoms. The van der Waals surface area contributed by atoms with Crippen LogP contribution in [0.3, 0.4) is 0 Å². The van der Waals surface area contributed by atoms with Gasteiger partial charge in [-0.15, -0.1) is 0 Å². The average molecular weight is 211 g/mol. The molecular formula is C10H17N3O2. The van der Waals surface area contributed by atoms with E-state index in [-0.39, 0.29) is 5.91 Å². The SMILES string of the molecule is CCOCCNC(=O)c1cc(N)cn1C. The van der Waals surface area contributed by atoms with Gasteiger partial charge in [-0.2, -0.15) is 0 Å². The Morgan fingerprint density at radius 2 is 2.40 bits per heavy atom. The van der Waals surface area contributed by atoms with Crippen LogP contribution in [0.4, 0.5) is 5.69 Å². The van der Waals surface area contributed by atoms with Gasteiger partial charge >= 0.3 is 0 Å². The molecule has 0 aromatic carbocycles. The normalized spacial score (nSPS) is 10.3. The third-order valence-corrected chi connectivity index (χ3v) is 1.99. The predicted octanol–water partition coefficient (Wildman–Crippen LogP) is 0.374. The number of rotatable bonds is 5. The lowest BCUT2D eigenvalue weighted by molar-refractivity contribution is 0.0914. The van der Waals surface area contributed by atoms with Gasteiger partial charge in [-0.25, -0.2) is 0 Å². The number of carbonyl (C=O) groups is 1. The first-order valence-electron chi connectivity index (χ1n) is 4.93. The molecule has 1 rings (SSSR count). The smallest absolute Gasteiger partial charge is 0.268 e. The van der Waals surface area contributed by atoms with Gasteiger partial charge < -0.3 is 20.4 Å². The second-order valence-corrected chi connectivity index (χ2v) is 3.22. The molecule has 0 fully saturated rings. The predicted molar refractivity (Wildman–Crippen MR) is 58.7 cm³/mol. The molecule has 15 heavy (non-hydrogen) atoms. The zero-order valence-electron chi connectivity index (χ0n) is 9.12. The lowest BCUT2D eigenvalue weighted by Gasteiger charge is -2.05. The van der Waals surface area contributed by atoms with Gasteiger partial charge in [0, 0.05) is 26.4 Å². The lowest BCUT2D eigenvalue weighted by Crippen LogP contribution is -2.28. The molecule has 0 radical (unpaired) electrons. The fourth-order valence-electron chi connectivity index (χ4n) is 1.29. The Morgan fingerprint density at radius 3 is 2.93 bits per heavy atom. The van der Waals surface area contributed by atoms with Gasteiger partial charge in [-0.1, -0.05) is 0 Å². The largest absolute Gasteiger partial charge is 0.397 e. The van der Waals surface area contributed by atoms with E-state index in [0.29, 0.717) is 31.1 Å². The molecule has 0 saturated carbocycles. The summed E-state index contributed by atoms with van der Waals surface area (Å²) < 4.78 is 6.81. The Kier molecular flexibility index (Phi) is 4.17. The molecule has 0 aliphatic carbocycles. The molecule has 84 valence electrons. The summed E-state index contributed by atoms with van der Waals surface area (Å²) in [6.07, 6.45) is 1.71. The summed E-state index contributed by atoms with van der Waals surface area (Å²) in [5, 5.41) is 2.75. The third kappa shape index (κ3) is 3.28. The zero-order valence-corrected chi connectivity index (χ0v) is 9.12. The van der Waals surface area contributed by atoms with Gasteiger partial charge in [0.25, 0.3) is 5.91 Å². The van der Waals surface area contributed by atoms with E-state index in [2.05, 4.69) is 5.32 Å². The van der Waals surface area contributed by atoms with Crippen molar-refractivity contribution in [2.45, 2.75) is 6.92 Å². The summed E-state index contributed by atoms with van der Waals surface area (Å²) in [6, 6.07) is 1.65. The highest BCUT2D eigenvalue weighted by molar-refractivity contribution is 5.93. The van der Waals surface area contributed by atoms with Crippen molar-refractivity contribution >= 4 is 11.6 Å². The summed E-state index contributed by atoms with van der Waals surface area (Å²) in [5.74, 6) is -0.131. The number of amides is 1. The summed E-state index contributed by atoms with van der Waals surface area (Å²) in [6.45, 7) is 3.62. The first kappa shape index (κ1) is 11.6. The van der Waals surface area contributed by atoms with Crippen molar-refractivity contribution < 1.29 is 9.53 Å². The highest BCUT2D eigenvalue weighted by atomic mass is 16.5. The highest BCUT2D eigenvalue weighted by Gasteiger charge is 2.09. The first-order chi connectivity index (χ1) is 7.15. The quantitative estimate of drug-likeness (QED) is 0.691. The molecule has 0 aliphatic heterocycles. The molecule has 0 bridgehead atoms. The van der Waals surface area contributed by atoms with Crippen LogP contribution in [-0.2, 0) is 11.8 Å². The first-order valence-corrected chi connectivity index (χ1v) is 4.93. The van der Waals surface area contributed by atoms with E-state index >= 15 is 0 Å². The molecule has 3 N–H and O–H groups in total. The van der Waals surface area contributed by atoms with Crippen LogP contribution in [0.2, 0.25) is 0 Å². The number of hydrogen-bond donors (Lipinski definition) is 2. The van der Waals surface area contributed by atoms with Crippen molar-refractivity contribution in [3.8, 4) is 0 Å². The minimum atomic E-state index is -0.131. The van der Waals surface area contributed by atoms with Crippen molar-refractivity contribution in [3.63, 3.8) is 0 Å². The second kappa shape index (κ2) is 5.41. The van der Waals surface area contributed by atoms with Gasteiger partial charge in [0.2, 0.25) is 0 Å². The molecule has 1 aromatic rings. The fraction of sp³-hybridized carbons (Fsp3) is 0.500. The molecule has 1 heterocycles. The molecule has 5 heteroatoms. The Bertz CT molecular complexity index is 333. The Morgan fingerprint density at radius 1 is 1.67 bits per heavy atom. The van der Waals surface area contributed by atoms with Crippen LogP contribution in [0.1, 0.15) is 17.4 Å². The molecule has 1 amide bonds. The van der Waals surface area contributed by atoms with Gasteiger partial charge in [-0.3, -0.25) is 4.79 Å². The van der Waals surface area contributed by atoms with E-state index in [4.69, 9.17) is 10.5 Å². The van der Waals surface area contributed by atoms with Crippen molar-refractivity contribution in [1.82, 2.24) is 9.88 Å². The molecule has 5 nitrogen and oxygen atoms in total. The average Bonchev–Trinajstić information content (AvgIpc) is 2.52. The number of nitrogens with zero attached hydrogens (tertiary/aromatic N) is 1. The number of hydrogen-bond acceptors (Lipinski definition) is 3. The van der Waals surface area contributed by atoms with E-state index in [1.807, 2.05) is 6.92 Å². The van der Waals surface area contributed by atoms with Crippen molar-refractivity contribution in [2.24, 2.45) is 7.05 Å². The lowest BCUT2D eigenvalue weighted by atomic mass is 10.4. The number of nitrogens with two attached hydrogens (primary N) is 1. The van der Waals surface area contributed by atoms with Crippen LogP contribution >= 0.6 is 0 Å². The number of nitrogen functional groups attached to an aromatic ring is 1. The van der Waals surface area contributed by atoms with Crippen molar-refractivity contribution in [1.29, 1.82) is 0 Å². The fourth-order valence-corrected chi connectivity index (χ4v) is 1.29. The number of ether oxygens (including phenoxy) is 1. The summed E-state index contributed by atoms with van der Waals surface area (Å²) in [7, 11) is 1.79. The molecule has 0 saturated heterocycles. The second-order valence-electron chi connectivity index (χ2n) is 3.22. The summed E-state index contributed by atoms with van der Waals surface area (Å²) >= 11 is 0. The number of carbonyl (C=O) groups excluding carboxylic acids is 1.